The van der Waals surface area contributed by atoms with Crippen LogP contribution < -0.4 is 14.8 Å². The van der Waals surface area contributed by atoms with Crippen LogP contribution in [0.2, 0.25) is 0 Å². The van der Waals surface area contributed by atoms with Crippen molar-refractivity contribution in [2.24, 2.45) is 0 Å². The highest BCUT2D eigenvalue weighted by atomic mass is 16.6. The molecule has 0 saturated heterocycles. The van der Waals surface area contributed by atoms with Crippen LogP contribution in [-0.4, -0.2) is 19.3 Å². The molecule has 0 bridgehead atoms. The average Bonchev–Trinajstić information content (AvgIpc) is 3.02. The Morgan fingerprint density at radius 3 is 3.00 bits per heavy atom. The molecule has 1 aromatic heterocycles. The molecular weight excluding hydrogens is 266 g/mol. The van der Waals surface area contributed by atoms with Crippen LogP contribution in [-0.2, 0) is 6.42 Å². The van der Waals surface area contributed by atoms with Crippen LogP contribution in [0.25, 0.3) is 0 Å². The largest absolute Gasteiger partial charge is 0.486 e. The monoisotopic (exact) mass is 285 g/mol. The van der Waals surface area contributed by atoms with Gasteiger partial charge < -0.3 is 19.2 Å². The second kappa shape index (κ2) is 5.45. The van der Waals surface area contributed by atoms with E-state index in [1.54, 1.807) is 6.26 Å². The zero-order valence-electron chi connectivity index (χ0n) is 11.9. The van der Waals surface area contributed by atoms with E-state index >= 15 is 0 Å². The van der Waals surface area contributed by atoms with Crippen LogP contribution in [0.15, 0.2) is 41.0 Å². The lowest BCUT2D eigenvalue weighted by atomic mass is 9.93. The maximum atomic E-state index is 5.98. The summed E-state index contributed by atoms with van der Waals surface area (Å²) in [5, 5.41) is 3.60. The highest BCUT2D eigenvalue weighted by Crippen LogP contribution is 2.32. The Balaban J connectivity index is 1.39. The molecule has 1 aliphatic heterocycles. The molecule has 2 aliphatic rings. The maximum absolute atomic E-state index is 5.98. The van der Waals surface area contributed by atoms with E-state index in [0.717, 1.165) is 36.6 Å². The normalized spacial score (nSPS) is 23.6. The minimum Gasteiger partial charge on any atom is -0.486 e. The summed E-state index contributed by atoms with van der Waals surface area (Å²) in [7, 11) is 0. The second-order valence-corrected chi connectivity index (χ2v) is 5.65. The van der Waals surface area contributed by atoms with Crippen molar-refractivity contribution in [2.75, 3.05) is 13.2 Å². The van der Waals surface area contributed by atoms with E-state index < -0.39 is 0 Å². The molecule has 110 valence electrons. The Hall–Kier alpha value is -1.94. The second-order valence-electron chi connectivity index (χ2n) is 5.65. The van der Waals surface area contributed by atoms with Crippen LogP contribution in [0.5, 0.6) is 11.5 Å². The van der Waals surface area contributed by atoms with E-state index in [0.29, 0.717) is 12.6 Å². The minimum atomic E-state index is 0.0529. The number of nitrogens with one attached hydrogen (secondary N) is 1. The van der Waals surface area contributed by atoms with Crippen molar-refractivity contribution < 1.29 is 13.9 Å². The van der Waals surface area contributed by atoms with E-state index in [4.69, 9.17) is 13.9 Å². The molecule has 4 heteroatoms. The Bertz CT molecular complexity index is 622. The van der Waals surface area contributed by atoms with Gasteiger partial charge in [0.1, 0.15) is 18.5 Å². The van der Waals surface area contributed by atoms with E-state index in [9.17, 15) is 0 Å². The van der Waals surface area contributed by atoms with Gasteiger partial charge in [-0.05, 0) is 31.0 Å². The lowest BCUT2D eigenvalue weighted by Gasteiger charge is -2.29. The van der Waals surface area contributed by atoms with Gasteiger partial charge in [0, 0.05) is 24.6 Å². The molecule has 0 amide bonds. The molecule has 1 N–H and O–H groups in total. The number of fused-ring (bicyclic) bond motifs is 2. The minimum absolute atomic E-state index is 0.0529. The molecule has 2 atom stereocenters. The molecule has 4 nitrogen and oxygen atoms in total. The molecule has 0 spiro atoms. The number of benzene rings is 1. The first-order valence-electron chi connectivity index (χ1n) is 7.58. The van der Waals surface area contributed by atoms with Crippen molar-refractivity contribution in [1.29, 1.82) is 0 Å². The molecule has 2 unspecified atom stereocenters. The van der Waals surface area contributed by atoms with Crippen molar-refractivity contribution in [3.8, 4) is 11.5 Å². The van der Waals surface area contributed by atoms with E-state index in [2.05, 4.69) is 11.4 Å². The van der Waals surface area contributed by atoms with Gasteiger partial charge in [0.05, 0.1) is 6.26 Å². The van der Waals surface area contributed by atoms with Crippen LogP contribution in [0.3, 0.4) is 0 Å². The predicted molar refractivity (Wildman–Crippen MR) is 78.7 cm³/mol. The lowest BCUT2D eigenvalue weighted by Crippen LogP contribution is -2.40. The van der Waals surface area contributed by atoms with Crippen molar-refractivity contribution >= 4 is 0 Å². The quantitative estimate of drug-likeness (QED) is 0.941. The van der Waals surface area contributed by atoms with E-state index in [-0.39, 0.29) is 6.10 Å². The molecule has 2 aromatic rings. The van der Waals surface area contributed by atoms with Gasteiger partial charge in [0.2, 0.25) is 0 Å². The molecule has 2 heterocycles. The highest BCUT2D eigenvalue weighted by Gasteiger charge is 2.25. The Kier molecular flexibility index (Phi) is 3.31. The predicted octanol–water partition coefficient (Wildman–Crippen LogP) is 3.09. The van der Waals surface area contributed by atoms with Crippen LogP contribution in [0, 0.1) is 0 Å². The number of para-hydroxylation sites is 2. The highest BCUT2D eigenvalue weighted by molar-refractivity contribution is 5.40. The maximum Gasteiger partial charge on any atom is 0.161 e. The third-order valence-corrected chi connectivity index (χ3v) is 4.21. The van der Waals surface area contributed by atoms with Gasteiger partial charge >= 0.3 is 0 Å². The number of rotatable bonds is 3. The fourth-order valence-corrected chi connectivity index (χ4v) is 3.14. The molecule has 1 aliphatic carbocycles. The summed E-state index contributed by atoms with van der Waals surface area (Å²) in [5.74, 6) is 2.80. The van der Waals surface area contributed by atoms with Gasteiger partial charge in [0.15, 0.2) is 11.5 Å². The third-order valence-electron chi connectivity index (χ3n) is 4.21. The average molecular weight is 285 g/mol. The Morgan fingerprint density at radius 1 is 1.14 bits per heavy atom. The summed E-state index contributed by atoms with van der Waals surface area (Å²) in [4.78, 5) is 0. The zero-order valence-corrected chi connectivity index (χ0v) is 11.9. The number of furan rings is 1. The van der Waals surface area contributed by atoms with Gasteiger partial charge in [-0.1, -0.05) is 12.1 Å². The third kappa shape index (κ3) is 2.51. The van der Waals surface area contributed by atoms with Crippen molar-refractivity contribution in [2.45, 2.75) is 31.4 Å². The summed E-state index contributed by atoms with van der Waals surface area (Å²) in [6.07, 6.45) is 5.22. The van der Waals surface area contributed by atoms with E-state index in [1.807, 2.05) is 24.3 Å². The lowest BCUT2D eigenvalue weighted by molar-refractivity contribution is 0.0875. The fraction of sp³-hybridized carbons (Fsp3) is 0.412. The van der Waals surface area contributed by atoms with Crippen LogP contribution in [0.1, 0.15) is 30.2 Å². The summed E-state index contributed by atoms with van der Waals surface area (Å²) in [6.45, 7) is 1.37. The molecule has 0 saturated carbocycles. The molecular formula is C17H19NO3. The summed E-state index contributed by atoms with van der Waals surface area (Å²) in [5.41, 5.74) is 1.30. The molecule has 21 heavy (non-hydrogen) atoms. The van der Waals surface area contributed by atoms with Crippen molar-refractivity contribution in [3.05, 3.63) is 47.9 Å². The first-order valence-corrected chi connectivity index (χ1v) is 7.58. The summed E-state index contributed by atoms with van der Waals surface area (Å²) >= 11 is 0. The number of hydrogen-bond donors (Lipinski definition) is 1. The number of ether oxygens (including phenoxy) is 2. The van der Waals surface area contributed by atoms with Gasteiger partial charge in [-0.15, -0.1) is 0 Å². The molecule has 1 aromatic carbocycles. The number of hydrogen-bond acceptors (Lipinski definition) is 4. The fourth-order valence-electron chi connectivity index (χ4n) is 3.14. The zero-order chi connectivity index (χ0) is 14.1. The topological polar surface area (TPSA) is 43.6 Å². The van der Waals surface area contributed by atoms with Crippen LogP contribution in [0.4, 0.5) is 0 Å². The van der Waals surface area contributed by atoms with Gasteiger partial charge in [-0.3, -0.25) is 0 Å². The van der Waals surface area contributed by atoms with Gasteiger partial charge in [-0.2, -0.15) is 0 Å². The van der Waals surface area contributed by atoms with Crippen LogP contribution >= 0.6 is 0 Å². The summed E-state index contributed by atoms with van der Waals surface area (Å²) in [6, 6.07) is 10.3. The number of aryl methyl sites for hydroxylation is 1. The smallest absolute Gasteiger partial charge is 0.161 e. The van der Waals surface area contributed by atoms with Crippen molar-refractivity contribution in [3.63, 3.8) is 0 Å². The van der Waals surface area contributed by atoms with E-state index in [1.165, 1.54) is 12.0 Å². The SMILES string of the molecule is c1ccc2c(c1)OCC(CNC1CCCc3occc31)O2. The standard InChI is InChI=1S/C17H19NO3/c1-2-6-17-16(5-1)20-11-12(21-17)10-18-14-4-3-7-15-13(14)8-9-19-15/h1-2,5-6,8-9,12,14,18H,3-4,7,10-11H2. The first kappa shape index (κ1) is 12.8. The molecule has 0 radical (unpaired) electrons. The van der Waals surface area contributed by atoms with Crippen molar-refractivity contribution in [1.82, 2.24) is 5.32 Å². The Morgan fingerprint density at radius 2 is 2.05 bits per heavy atom. The molecule has 4 rings (SSSR count). The Labute approximate surface area is 124 Å². The first-order chi connectivity index (χ1) is 10.4. The van der Waals surface area contributed by atoms with Gasteiger partial charge in [0.25, 0.3) is 0 Å². The molecule has 0 fully saturated rings. The summed E-state index contributed by atoms with van der Waals surface area (Å²) < 4.78 is 17.3. The van der Waals surface area contributed by atoms with Gasteiger partial charge in [-0.25, -0.2) is 0 Å².